The minimum Gasteiger partial charge on any atom is -0.493 e. The number of hydrogen-bond acceptors (Lipinski definition) is 6. The van der Waals surface area contributed by atoms with Gasteiger partial charge in [0.1, 0.15) is 12.2 Å². The molecule has 0 amide bonds. The van der Waals surface area contributed by atoms with Gasteiger partial charge in [-0.1, -0.05) is 35.9 Å². The van der Waals surface area contributed by atoms with Crippen LogP contribution in [0.15, 0.2) is 53.4 Å². The topological polar surface area (TPSA) is 65.1 Å². The van der Waals surface area contributed by atoms with Gasteiger partial charge in [0.05, 0.1) is 12.0 Å². The van der Waals surface area contributed by atoms with Gasteiger partial charge < -0.3 is 14.4 Å². The van der Waals surface area contributed by atoms with Crippen LogP contribution in [0.3, 0.4) is 0 Å². The molecule has 2 aliphatic carbocycles. The summed E-state index contributed by atoms with van der Waals surface area (Å²) in [6.07, 6.45) is 4.78. The minimum atomic E-state index is -3.94. The highest BCUT2D eigenvalue weighted by Gasteiger charge is 2.65. The van der Waals surface area contributed by atoms with Crippen LogP contribution in [-0.2, 0) is 26.1 Å². The first-order chi connectivity index (χ1) is 15.3. The molecule has 168 valence electrons. The first kappa shape index (κ1) is 20.3. The van der Waals surface area contributed by atoms with E-state index in [1.807, 2.05) is 19.1 Å². The Bertz CT molecular complexity index is 1220. The highest BCUT2D eigenvalue weighted by Crippen LogP contribution is 2.62. The van der Waals surface area contributed by atoms with Crippen molar-refractivity contribution in [2.75, 3.05) is 20.7 Å². The minimum absolute atomic E-state index is 0.162. The number of ether oxygens (including phenoxy) is 2. The monoisotopic (exact) mass is 453 g/mol. The predicted molar refractivity (Wildman–Crippen MR) is 120 cm³/mol. The van der Waals surface area contributed by atoms with E-state index in [9.17, 15) is 8.42 Å². The largest absolute Gasteiger partial charge is 0.493 e. The summed E-state index contributed by atoms with van der Waals surface area (Å²) in [4.78, 5) is 2.59. The van der Waals surface area contributed by atoms with Gasteiger partial charge in [-0.25, -0.2) is 0 Å². The number of benzene rings is 2. The van der Waals surface area contributed by atoms with Crippen molar-refractivity contribution in [3.05, 3.63) is 65.2 Å². The maximum atomic E-state index is 13.1. The Balaban J connectivity index is 1.46. The Morgan fingerprint density at radius 1 is 1.12 bits per heavy atom. The highest BCUT2D eigenvalue weighted by molar-refractivity contribution is 7.86. The van der Waals surface area contributed by atoms with E-state index >= 15 is 0 Å². The molecule has 2 unspecified atom stereocenters. The normalized spacial score (nSPS) is 32.3. The molecule has 2 aromatic carbocycles. The van der Waals surface area contributed by atoms with Crippen LogP contribution in [-0.4, -0.2) is 52.3 Å². The summed E-state index contributed by atoms with van der Waals surface area (Å²) in [6, 6.07) is 11.2. The second kappa shape index (κ2) is 6.83. The highest BCUT2D eigenvalue weighted by atomic mass is 32.2. The summed E-state index contributed by atoms with van der Waals surface area (Å²) in [6.45, 7) is 2.86. The Kier molecular flexibility index (Phi) is 4.32. The number of methoxy groups -OCH3 is 1. The van der Waals surface area contributed by atoms with Crippen molar-refractivity contribution < 1.29 is 22.1 Å². The van der Waals surface area contributed by atoms with Gasteiger partial charge in [-0.2, -0.15) is 8.42 Å². The number of piperidine rings is 1. The Hall–Kier alpha value is -2.35. The summed E-state index contributed by atoms with van der Waals surface area (Å²) < 4.78 is 44.3. The van der Waals surface area contributed by atoms with Crippen molar-refractivity contribution in [2.24, 2.45) is 5.92 Å². The molecule has 0 saturated carbocycles. The average molecular weight is 454 g/mol. The third kappa shape index (κ3) is 2.62. The lowest BCUT2D eigenvalue weighted by Crippen LogP contribution is -2.65. The zero-order valence-corrected chi connectivity index (χ0v) is 19.3. The maximum Gasteiger partial charge on any atom is 0.297 e. The van der Waals surface area contributed by atoms with Crippen LogP contribution in [0.5, 0.6) is 11.5 Å². The predicted octanol–water partition coefficient (Wildman–Crippen LogP) is 3.22. The van der Waals surface area contributed by atoms with Crippen LogP contribution < -0.4 is 9.47 Å². The lowest BCUT2D eigenvalue weighted by molar-refractivity contribution is -0.0367. The fourth-order valence-corrected chi connectivity index (χ4v) is 7.40. The van der Waals surface area contributed by atoms with Crippen molar-refractivity contribution in [2.45, 2.75) is 48.3 Å². The van der Waals surface area contributed by atoms with Crippen molar-refractivity contribution in [1.29, 1.82) is 0 Å². The Morgan fingerprint density at radius 3 is 2.66 bits per heavy atom. The van der Waals surface area contributed by atoms with Crippen LogP contribution >= 0.6 is 0 Å². The summed E-state index contributed by atoms with van der Waals surface area (Å²) >= 11 is 0. The molecule has 5 atom stereocenters. The number of likely N-dealkylation sites (tertiary alicyclic amines) is 1. The molecule has 1 fully saturated rings. The first-order valence-electron chi connectivity index (χ1n) is 11.1. The standard InChI is InChI=1S/C25H27NO5S/c1-15-4-7-17(8-5-15)32(27,28)31-21-11-9-18-19-14-16-6-10-20(29-3)23-22(16)25(18,24(21)30-23)12-13-26(19)2/h4-11,18-19,21,24H,12-14H2,1-3H3/t18-,19+,21?,24?,25-/m0/s1. The summed E-state index contributed by atoms with van der Waals surface area (Å²) in [5.41, 5.74) is 3.15. The number of nitrogens with zero attached hydrogens (tertiary/aromatic N) is 1. The third-order valence-electron chi connectivity index (χ3n) is 7.88. The van der Waals surface area contributed by atoms with Gasteiger partial charge in [0, 0.05) is 22.9 Å². The fourth-order valence-electron chi connectivity index (χ4n) is 6.36. The van der Waals surface area contributed by atoms with Gasteiger partial charge >= 0.3 is 0 Å². The van der Waals surface area contributed by atoms with E-state index in [0.717, 1.165) is 30.7 Å². The molecule has 32 heavy (non-hydrogen) atoms. The molecule has 1 spiro atoms. The number of likely N-dealkylation sites (N-methyl/N-ethyl adjacent to an activating group) is 1. The van der Waals surface area contributed by atoms with Gasteiger partial charge in [-0.3, -0.25) is 4.18 Å². The van der Waals surface area contributed by atoms with Crippen LogP contribution in [0.4, 0.5) is 0 Å². The molecule has 2 heterocycles. The quantitative estimate of drug-likeness (QED) is 0.523. The number of hydrogen-bond donors (Lipinski definition) is 0. The van der Waals surface area contributed by atoms with E-state index in [-0.39, 0.29) is 16.2 Å². The third-order valence-corrected chi connectivity index (χ3v) is 9.21. The molecule has 2 aliphatic heterocycles. The summed E-state index contributed by atoms with van der Waals surface area (Å²) in [7, 11) is -0.120. The van der Waals surface area contributed by atoms with Crippen molar-refractivity contribution in [1.82, 2.24) is 4.90 Å². The van der Waals surface area contributed by atoms with Crippen LogP contribution in [0.1, 0.15) is 23.1 Å². The Labute approximate surface area is 188 Å². The second-order valence-corrected chi connectivity index (χ2v) is 11.0. The van der Waals surface area contributed by atoms with Crippen LogP contribution in [0, 0.1) is 12.8 Å². The zero-order valence-electron chi connectivity index (χ0n) is 18.4. The molecule has 6 rings (SSSR count). The molecule has 6 nitrogen and oxygen atoms in total. The molecule has 2 aromatic rings. The van der Waals surface area contributed by atoms with Crippen molar-refractivity contribution in [3.8, 4) is 11.5 Å². The van der Waals surface area contributed by atoms with Crippen molar-refractivity contribution >= 4 is 10.1 Å². The molecule has 2 bridgehead atoms. The molecular weight excluding hydrogens is 426 g/mol. The van der Waals surface area contributed by atoms with Gasteiger partial charge in [0.25, 0.3) is 10.1 Å². The molecule has 1 saturated heterocycles. The second-order valence-electron chi connectivity index (χ2n) is 9.45. The maximum absolute atomic E-state index is 13.1. The van der Waals surface area contributed by atoms with Crippen molar-refractivity contribution in [3.63, 3.8) is 0 Å². The van der Waals surface area contributed by atoms with Crippen LogP contribution in [0.2, 0.25) is 0 Å². The van der Waals surface area contributed by atoms with E-state index in [1.54, 1.807) is 31.4 Å². The Morgan fingerprint density at radius 2 is 1.91 bits per heavy atom. The first-order valence-corrected chi connectivity index (χ1v) is 12.5. The summed E-state index contributed by atoms with van der Waals surface area (Å²) in [5, 5.41) is 0. The molecule has 0 N–H and O–H groups in total. The average Bonchev–Trinajstić information content (AvgIpc) is 3.13. The smallest absolute Gasteiger partial charge is 0.297 e. The lowest BCUT2D eigenvalue weighted by Gasteiger charge is -2.56. The number of rotatable bonds is 4. The van der Waals surface area contributed by atoms with Gasteiger partial charge in [-0.05, 0) is 57.1 Å². The lowest BCUT2D eigenvalue weighted by atomic mass is 9.53. The summed E-state index contributed by atoms with van der Waals surface area (Å²) in [5.74, 6) is 1.70. The van der Waals surface area contributed by atoms with E-state index < -0.39 is 22.3 Å². The molecule has 0 radical (unpaired) electrons. The van der Waals surface area contributed by atoms with Crippen LogP contribution in [0.25, 0.3) is 0 Å². The van der Waals surface area contributed by atoms with Gasteiger partial charge in [0.2, 0.25) is 0 Å². The molecule has 4 aliphatic rings. The van der Waals surface area contributed by atoms with Gasteiger partial charge in [-0.15, -0.1) is 0 Å². The fraction of sp³-hybridized carbons (Fsp3) is 0.440. The molecule has 0 aromatic heterocycles. The van der Waals surface area contributed by atoms with E-state index in [4.69, 9.17) is 13.7 Å². The molecule has 7 heteroatoms. The van der Waals surface area contributed by atoms with Gasteiger partial charge in [0.15, 0.2) is 11.5 Å². The number of aryl methyl sites for hydroxylation is 1. The van der Waals surface area contributed by atoms with E-state index in [2.05, 4.69) is 24.1 Å². The van der Waals surface area contributed by atoms with E-state index in [1.165, 1.54) is 11.1 Å². The SMILES string of the molecule is COc1ccc2c3c1OC1C(OS(=O)(=O)c4ccc(C)cc4)C=C[C@H]4[C@@H](C2)N(C)CC[C@]314. The molecular formula is C25H27NO5S. The zero-order chi connectivity index (χ0) is 22.3. The van der Waals surface area contributed by atoms with E-state index in [0.29, 0.717) is 11.8 Å².